The molecule has 5 nitrogen and oxygen atoms in total. The van der Waals surface area contributed by atoms with Crippen molar-refractivity contribution in [1.29, 1.82) is 0 Å². The number of aromatic nitrogens is 2. The van der Waals surface area contributed by atoms with Crippen molar-refractivity contribution in [2.24, 2.45) is 0 Å². The van der Waals surface area contributed by atoms with Gasteiger partial charge in [0.15, 0.2) is 0 Å². The third-order valence-electron chi connectivity index (χ3n) is 4.83. The molecular formula is C24H28F2N4O. The molecule has 0 aliphatic carbocycles. The number of carbonyl (C=O) groups excluding carboxylic acids is 1. The lowest BCUT2D eigenvalue weighted by Gasteiger charge is -2.20. The Balaban J connectivity index is 1.86. The van der Waals surface area contributed by atoms with Gasteiger partial charge in [0.05, 0.1) is 11.4 Å². The number of carbonyl (C=O) groups is 1. The predicted molar refractivity (Wildman–Crippen MR) is 120 cm³/mol. The number of urea groups is 1. The molecule has 0 radical (unpaired) electrons. The van der Waals surface area contributed by atoms with E-state index in [4.69, 9.17) is 0 Å². The third-order valence-corrected chi connectivity index (χ3v) is 4.83. The molecule has 0 aliphatic rings. The molecule has 1 heterocycles. The van der Waals surface area contributed by atoms with Gasteiger partial charge in [-0.1, -0.05) is 47.6 Å². The monoisotopic (exact) mass is 426 g/mol. The first kappa shape index (κ1) is 22.5. The van der Waals surface area contributed by atoms with Gasteiger partial charge in [0.1, 0.15) is 17.5 Å². The molecule has 2 aromatic carbocycles. The van der Waals surface area contributed by atoms with Crippen molar-refractivity contribution in [1.82, 2.24) is 9.78 Å². The van der Waals surface area contributed by atoms with Gasteiger partial charge in [0, 0.05) is 17.2 Å². The molecule has 1 aromatic heterocycles. The highest BCUT2D eigenvalue weighted by Crippen LogP contribution is 2.28. The maximum atomic E-state index is 14.5. The number of rotatable bonds is 3. The van der Waals surface area contributed by atoms with E-state index >= 15 is 0 Å². The number of nitrogens with zero attached hydrogens (tertiary/aromatic N) is 2. The summed E-state index contributed by atoms with van der Waals surface area (Å²) in [7, 11) is 0. The summed E-state index contributed by atoms with van der Waals surface area (Å²) < 4.78 is 29.3. The van der Waals surface area contributed by atoms with Gasteiger partial charge >= 0.3 is 6.03 Å². The first-order valence-corrected chi connectivity index (χ1v) is 10.1. The molecule has 7 heteroatoms. The van der Waals surface area contributed by atoms with E-state index in [1.807, 2.05) is 41.5 Å². The Labute approximate surface area is 181 Å². The molecule has 0 fully saturated rings. The van der Waals surface area contributed by atoms with Gasteiger partial charge in [-0.15, -0.1) is 0 Å². The van der Waals surface area contributed by atoms with Gasteiger partial charge in [0.25, 0.3) is 0 Å². The summed E-state index contributed by atoms with van der Waals surface area (Å²) in [6.45, 7) is 11.8. The summed E-state index contributed by atoms with van der Waals surface area (Å²) in [4.78, 5) is 12.6. The molecule has 0 spiro atoms. The number of hydrogen-bond acceptors (Lipinski definition) is 2. The zero-order valence-corrected chi connectivity index (χ0v) is 18.7. The number of anilines is 2. The van der Waals surface area contributed by atoms with Crippen molar-refractivity contribution in [3.05, 3.63) is 71.4 Å². The average Bonchev–Trinajstić information content (AvgIpc) is 3.05. The molecule has 2 N–H and O–H groups in total. The van der Waals surface area contributed by atoms with Crippen LogP contribution in [0.5, 0.6) is 0 Å². The molecule has 0 unspecified atom stereocenters. The van der Waals surface area contributed by atoms with Gasteiger partial charge in [-0.2, -0.15) is 5.10 Å². The van der Waals surface area contributed by atoms with Crippen LogP contribution in [0.15, 0.2) is 48.5 Å². The predicted octanol–water partition coefficient (Wildman–Crippen LogP) is 6.39. The van der Waals surface area contributed by atoms with E-state index < -0.39 is 6.03 Å². The van der Waals surface area contributed by atoms with Crippen LogP contribution < -0.4 is 10.6 Å². The van der Waals surface area contributed by atoms with E-state index in [0.717, 1.165) is 5.69 Å². The second kappa shape index (κ2) is 8.13. The smallest absolute Gasteiger partial charge is 0.308 e. The van der Waals surface area contributed by atoms with Crippen LogP contribution in [-0.2, 0) is 10.8 Å². The SMILES string of the molecule is CC(C)(C)c1cc(NC(=O)Nc2ccc(C(C)(C)C)c(F)c2)n(-c2ccc(F)cc2)n1. The van der Waals surface area contributed by atoms with Crippen molar-refractivity contribution < 1.29 is 13.6 Å². The Morgan fingerprint density at radius 2 is 1.52 bits per heavy atom. The van der Waals surface area contributed by atoms with Gasteiger partial charge in [-0.25, -0.2) is 18.3 Å². The van der Waals surface area contributed by atoms with Gasteiger partial charge in [-0.3, -0.25) is 5.32 Å². The largest absolute Gasteiger partial charge is 0.324 e. The van der Waals surface area contributed by atoms with Crippen molar-refractivity contribution in [2.45, 2.75) is 52.4 Å². The summed E-state index contributed by atoms with van der Waals surface area (Å²) >= 11 is 0. The minimum atomic E-state index is -0.536. The second-order valence-electron chi connectivity index (χ2n) is 9.58. The number of benzene rings is 2. The topological polar surface area (TPSA) is 59.0 Å². The van der Waals surface area contributed by atoms with Gasteiger partial charge < -0.3 is 5.32 Å². The van der Waals surface area contributed by atoms with E-state index in [-0.39, 0.29) is 22.5 Å². The highest BCUT2D eigenvalue weighted by atomic mass is 19.1. The molecule has 164 valence electrons. The highest BCUT2D eigenvalue weighted by molar-refractivity contribution is 5.99. The first-order chi connectivity index (χ1) is 14.3. The summed E-state index contributed by atoms with van der Waals surface area (Å²) in [6.07, 6.45) is 0. The van der Waals surface area contributed by atoms with Crippen molar-refractivity contribution in [2.75, 3.05) is 10.6 Å². The molecule has 0 saturated carbocycles. The third kappa shape index (κ3) is 5.29. The first-order valence-electron chi connectivity index (χ1n) is 10.1. The molecule has 31 heavy (non-hydrogen) atoms. The van der Waals surface area contributed by atoms with Crippen LogP contribution in [0.2, 0.25) is 0 Å². The number of halogens is 2. The Bertz CT molecular complexity index is 1090. The molecule has 0 saturated heterocycles. The fraction of sp³-hybridized carbons (Fsp3) is 0.333. The second-order valence-corrected chi connectivity index (χ2v) is 9.58. The van der Waals surface area contributed by atoms with E-state index in [1.165, 1.54) is 18.2 Å². The Hall–Kier alpha value is -3.22. The van der Waals surface area contributed by atoms with Crippen LogP contribution in [0, 0.1) is 11.6 Å². The van der Waals surface area contributed by atoms with Crippen LogP contribution in [-0.4, -0.2) is 15.8 Å². The fourth-order valence-electron chi connectivity index (χ4n) is 3.10. The summed E-state index contributed by atoms with van der Waals surface area (Å²) in [5.74, 6) is -0.322. The highest BCUT2D eigenvalue weighted by Gasteiger charge is 2.22. The number of nitrogens with one attached hydrogen (secondary N) is 2. The van der Waals surface area contributed by atoms with Crippen LogP contribution in [0.4, 0.5) is 25.1 Å². The van der Waals surface area contributed by atoms with Crippen molar-refractivity contribution in [3.63, 3.8) is 0 Å². The number of hydrogen-bond donors (Lipinski definition) is 2. The molecule has 0 bridgehead atoms. The van der Waals surface area contributed by atoms with E-state index in [9.17, 15) is 13.6 Å². The quantitative estimate of drug-likeness (QED) is 0.510. The minimum Gasteiger partial charge on any atom is -0.308 e. The van der Waals surface area contributed by atoms with Crippen LogP contribution >= 0.6 is 0 Å². The Morgan fingerprint density at radius 1 is 0.871 bits per heavy atom. The van der Waals surface area contributed by atoms with Crippen LogP contribution in [0.3, 0.4) is 0 Å². The standard InChI is InChI=1S/C24H28F2N4O/c1-23(2,3)18-12-9-16(13-19(18)26)27-22(31)28-21-14-20(24(4,5)6)29-30(21)17-10-7-15(25)8-11-17/h7-14H,1-6H3,(H2,27,28,31). The molecule has 2 amide bonds. The van der Waals surface area contributed by atoms with E-state index in [0.29, 0.717) is 22.8 Å². The average molecular weight is 427 g/mol. The van der Waals surface area contributed by atoms with Gasteiger partial charge in [0.2, 0.25) is 0 Å². The summed E-state index contributed by atoms with van der Waals surface area (Å²) in [5, 5.41) is 10.0. The molecule has 0 atom stereocenters. The zero-order valence-electron chi connectivity index (χ0n) is 18.7. The molecule has 3 rings (SSSR count). The normalized spacial score (nSPS) is 12.0. The van der Waals surface area contributed by atoms with Crippen LogP contribution in [0.1, 0.15) is 52.8 Å². The lowest BCUT2D eigenvalue weighted by Crippen LogP contribution is -2.22. The minimum absolute atomic E-state index is 0.260. The fourth-order valence-corrected chi connectivity index (χ4v) is 3.10. The van der Waals surface area contributed by atoms with Crippen molar-refractivity contribution in [3.8, 4) is 5.69 Å². The Kier molecular flexibility index (Phi) is 5.89. The van der Waals surface area contributed by atoms with Crippen molar-refractivity contribution >= 4 is 17.5 Å². The van der Waals surface area contributed by atoms with Crippen LogP contribution in [0.25, 0.3) is 5.69 Å². The molecular weight excluding hydrogens is 398 g/mol. The summed E-state index contributed by atoms with van der Waals surface area (Å²) in [5.41, 5.74) is 1.68. The number of amides is 2. The van der Waals surface area contributed by atoms with E-state index in [2.05, 4.69) is 15.7 Å². The van der Waals surface area contributed by atoms with E-state index in [1.54, 1.807) is 35.0 Å². The molecule has 0 aliphatic heterocycles. The maximum Gasteiger partial charge on any atom is 0.324 e. The summed E-state index contributed by atoms with van der Waals surface area (Å²) in [6, 6.07) is 11.7. The van der Waals surface area contributed by atoms with Gasteiger partial charge in [-0.05, 0) is 47.4 Å². The lowest BCUT2D eigenvalue weighted by atomic mass is 9.86. The Morgan fingerprint density at radius 3 is 2.06 bits per heavy atom. The molecule has 3 aromatic rings. The lowest BCUT2D eigenvalue weighted by molar-refractivity contribution is 0.262. The maximum absolute atomic E-state index is 14.5. The zero-order chi connectivity index (χ0) is 23.0.